The van der Waals surface area contributed by atoms with E-state index in [2.05, 4.69) is 4.98 Å². The Labute approximate surface area is 119 Å². The van der Waals surface area contributed by atoms with Crippen LogP contribution >= 0.6 is 0 Å². The van der Waals surface area contributed by atoms with Crippen molar-refractivity contribution in [1.82, 2.24) is 9.55 Å². The summed E-state index contributed by atoms with van der Waals surface area (Å²) in [5.41, 5.74) is -0.224. The topological polar surface area (TPSA) is 95.3 Å². The number of hydrogen-bond acceptors (Lipinski definition) is 4. The van der Waals surface area contributed by atoms with Crippen LogP contribution in [-0.2, 0) is 13.0 Å². The normalized spacial score (nSPS) is 10.7. The van der Waals surface area contributed by atoms with Gasteiger partial charge >= 0.3 is 12.8 Å². The Bertz CT molecular complexity index is 769. The third kappa shape index (κ3) is 3.47. The number of halogens is 1. The zero-order chi connectivity index (χ0) is 15.6. The molecule has 6 nitrogen and oxygen atoms in total. The molecule has 0 unspecified atom stereocenters. The highest BCUT2D eigenvalue weighted by Crippen LogP contribution is 2.04. The van der Waals surface area contributed by atoms with Crippen LogP contribution in [0, 0.1) is 5.82 Å². The molecule has 1 aromatic carbocycles. The van der Waals surface area contributed by atoms with Gasteiger partial charge in [-0.1, -0.05) is 13.0 Å². The van der Waals surface area contributed by atoms with Crippen molar-refractivity contribution in [3.8, 4) is 0 Å². The average molecular weight is 292 g/mol. The third-order valence-electron chi connectivity index (χ3n) is 3.10. The van der Waals surface area contributed by atoms with E-state index in [4.69, 9.17) is 10.0 Å². The number of nitrogens with one attached hydrogen (secondary N) is 1. The van der Waals surface area contributed by atoms with Crippen LogP contribution in [-0.4, -0.2) is 26.7 Å². The van der Waals surface area contributed by atoms with Gasteiger partial charge < -0.3 is 10.0 Å². The van der Waals surface area contributed by atoms with Crippen LogP contribution in [0.4, 0.5) is 4.39 Å². The Balaban J connectivity index is 2.43. The number of aromatic nitrogens is 2. The molecule has 1 aromatic heterocycles. The monoisotopic (exact) mass is 292 g/mol. The lowest BCUT2D eigenvalue weighted by atomic mass is 9.79. The zero-order valence-corrected chi connectivity index (χ0v) is 11.3. The molecule has 0 amide bonds. The van der Waals surface area contributed by atoms with Crippen LogP contribution in [0.3, 0.4) is 0 Å². The summed E-state index contributed by atoms with van der Waals surface area (Å²) < 4.78 is 14.7. The van der Waals surface area contributed by atoms with Gasteiger partial charge in [0.05, 0.1) is 6.54 Å². The molecule has 3 N–H and O–H groups in total. The van der Waals surface area contributed by atoms with Crippen LogP contribution in [0.25, 0.3) is 0 Å². The van der Waals surface area contributed by atoms with Crippen molar-refractivity contribution in [2.75, 3.05) is 0 Å². The molecule has 0 fully saturated rings. The van der Waals surface area contributed by atoms with Crippen molar-refractivity contribution in [2.45, 2.75) is 19.9 Å². The van der Waals surface area contributed by atoms with Gasteiger partial charge in [-0.2, -0.15) is 0 Å². The van der Waals surface area contributed by atoms with Gasteiger partial charge in [0.1, 0.15) is 5.82 Å². The molecule has 8 heteroatoms. The largest absolute Gasteiger partial charge is 0.488 e. The average Bonchev–Trinajstić information content (AvgIpc) is 2.41. The van der Waals surface area contributed by atoms with Crippen molar-refractivity contribution in [3.63, 3.8) is 0 Å². The Morgan fingerprint density at radius 1 is 1.29 bits per heavy atom. The number of aryl methyl sites for hydroxylation is 1. The van der Waals surface area contributed by atoms with Crippen molar-refractivity contribution in [3.05, 3.63) is 62.2 Å². The van der Waals surface area contributed by atoms with Gasteiger partial charge in [0, 0.05) is 11.8 Å². The zero-order valence-electron chi connectivity index (χ0n) is 11.3. The van der Waals surface area contributed by atoms with E-state index >= 15 is 0 Å². The maximum atomic E-state index is 13.4. The first-order valence-electron chi connectivity index (χ1n) is 6.39. The van der Waals surface area contributed by atoms with Crippen LogP contribution < -0.4 is 16.7 Å². The predicted molar refractivity (Wildman–Crippen MR) is 76.0 cm³/mol. The van der Waals surface area contributed by atoms with Crippen molar-refractivity contribution in [2.24, 2.45) is 0 Å². The highest BCUT2D eigenvalue weighted by Gasteiger charge is 2.14. The fraction of sp³-hybridized carbons (Fsp3) is 0.231. The standard InChI is InChI=1S/C13H14BFN2O4/c1-2-9-7-17(13(19)16-12(9)18)6-8-3-10(14(20)21)5-11(15)4-8/h3-5,7,20-21H,2,6H2,1H3,(H,16,18,19). The minimum atomic E-state index is -1.79. The summed E-state index contributed by atoms with van der Waals surface area (Å²) >= 11 is 0. The van der Waals surface area contributed by atoms with E-state index in [9.17, 15) is 14.0 Å². The highest BCUT2D eigenvalue weighted by molar-refractivity contribution is 6.58. The quantitative estimate of drug-likeness (QED) is 0.628. The predicted octanol–water partition coefficient (Wildman–Crippen LogP) is -1.03. The minimum Gasteiger partial charge on any atom is -0.423 e. The third-order valence-corrected chi connectivity index (χ3v) is 3.10. The van der Waals surface area contributed by atoms with Gasteiger partial charge in [-0.15, -0.1) is 0 Å². The van der Waals surface area contributed by atoms with Gasteiger partial charge in [0.2, 0.25) is 0 Å². The lowest BCUT2D eigenvalue weighted by Gasteiger charge is -2.09. The molecule has 2 aromatic rings. The molecule has 0 spiro atoms. The van der Waals surface area contributed by atoms with E-state index < -0.39 is 24.2 Å². The van der Waals surface area contributed by atoms with Gasteiger partial charge in [0.15, 0.2) is 0 Å². The molecule has 0 aliphatic heterocycles. The van der Waals surface area contributed by atoms with E-state index in [0.717, 1.165) is 6.07 Å². The number of aromatic amines is 1. The van der Waals surface area contributed by atoms with E-state index in [1.165, 1.54) is 22.9 Å². The smallest absolute Gasteiger partial charge is 0.423 e. The summed E-state index contributed by atoms with van der Waals surface area (Å²) in [5.74, 6) is -0.635. The first kappa shape index (κ1) is 15.2. The first-order valence-corrected chi connectivity index (χ1v) is 6.39. The Hall–Kier alpha value is -2.19. The summed E-state index contributed by atoms with van der Waals surface area (Å²) in [7, 11) is -1.79. The number of hydrogen-bond donors (Lipinski definition) is 3. The lowest BCUT2D eigenvalue weighted by molar-refractivity contribution is 0.425. The highest BCUT2D eigenvalue weighted by atomic mass is 19.1. The molecular weight excluding hydrogens is 278 g/mol. The maximum absolute atomic E-state index is 13.4. The summed E-state index contributed by atoms with van der Waals surface area (Å²) in [5, 5.41) is 18.2. The molecule has 0 atom stereocenters. The molecule has 2 rings (SSSR count). The molecule has 0 aliphatic carbocycles. The molecule has 0 radical (unpaired) electrons. The Morgan fingerprint density at radius 2 is 2.00 bits per heavy atom. The van der Waals surface area contributed by atoms with Crippen LogP contribution in [0.1, 0.15) is 18.1 Å². The molecule has 0 saturated carbocycles. The van der Waals surface area contributed by atoms with Gasteiger partial charge in [-0.25, -0.2) is 9.18 Å². The van der Waals surface area contributed by atoms with Crippen LogP contribution in [0.2, 0.25) is 0 Å². The Morgan fingerprint density at radius 3 is 2.62 bits per heavy atom. The second-order valence-electron chi connectivity index (χ2n) is 4.66. The molecule has 0 bridgehead atoms. The van der Waals surface area contributed by atoms with Crippen LogP contribution in [0.5, 0.6) is 0 Å². The summed E-state index contributed by atoms with van der Waals surface area (Å²) in [4.78, 5) is 25.4. The van der Waals surface area contributed by atoms with Crippen molar-refractivity contribution >= 4 is 12.6 Å². The maximum Gasteiger partial charge on any atom is 0.488 e. The van der Waals surface area contributed by atoms with Crippen molar-refractivity contribution in [1.29, 1.82) is 0 Å². The summed E-state index contributed by atoms with van der Waals surface area (Å²) in [6.07, 6.45) is 1.88. The minimum absolute atomic E-state index is 0.00168. The van der Waals surface area contributed by atoms with Gasteiger partial charge in [0.25, 0.3) is 5.56 Å². The van der Waals surface area contributed by atoms with Gasteiger partial charge in [-0.05, 0) is 29.6 Å². The SMILES string of the molecule is CCc1cn(Cc2cc(F)cc(B(O)O)c2)c(=O)[nH]c1=O. The second kappa shape index (κ2) is 6.07. The number of H-pyrrole nitrogens is 1. The summed E-state index contributed by atoms with van der Waals surface area (Å²) in [6.45, 7) is 1.79. The van der Waals surface area contributed by atoms with Gasteiger partial charge in [-0.3, -0.25) is 14.3 Å². The van der Waals surface area contributed by atoms with E-state index in [1.54, 1.807) is 6.92 Å². The molecule has 0 saturated heterocycles. The number of nitrogens with zero attached hydrogens (tertiary/aromatic N) is 1. The van der Waals surface area contributed by atoms with Crippen LogP contribution in [0.15, 0.2) is 34.0 Å². The molecular formula is C13H14BFN2O4. The molecule has 110 valence electrons. The fourth-order valence-electron chi connectivity index (χ4n) is 2.04. The number of rotatable bonds is 4. The van der Waals surface area contributed by atoms with Crippen molar-refractivity contribution < 1.29 is 14.4 Å². The first-order chi connectivity index (χ1) is 9.90. The van der Waals surface area contributed by atoms with E-state index in [0.29, 0.717) is 17.5 Å². The fourth-order valence-corrected chi connectivity index (χ4v) is 2.04. The summed E-state index contributed by atoms with van der Waals surface area (Å²) in [6, 6.07) is 3.58. The second-order valence-corrected chi connectivity index (χ2v) is 4.66. The van der Waals surface area contributed by atoms with E-state index in [1.807, 2.05) is 0 Å². The lowest BCUT2D eigenvalue weighted by Crippen LogP contribution is -2.33. The Kier molecular flexibility index (Phi) is 4.39. The number of benzene rings is 1. The molecule has 0 aliphatic rings. The van der Waals surface area contributed by atoms with E-state index in [-0.39, 0.29) is 12.0 Å². The molecule has 21 heavy (non-hydrogen) atoms. The molecule has 1 heterocycles.